The third kappa shape index (κ3) is 3.27. The van der Waals surface area contributed by atoms with Crippen LogP contribution in [-0.2, 0) is 6.54 Å². The number of nitrogens with one attached hydrogen (secondary N) is 1. The summed E-state index contributed by atoms with van der Waals surface area (Å²) in [6, 6.07) is 14.9. The van der Waals surface area contributed by atoms with Gasteiger partial charge in [-0.2, -0.15) is 0 Å². The van der Waals surface area contributed by atoms with Gasteiger partial charge in [0, 0.05) is 17.8 Å². The largest absolute Gasteiger partial charge is 0.497 e. The number of aryl methyl sites for hydroxylation is 1. The lowest BCUT2D eigenvalue weighted by Gasteiger charge is -2.01. The summed E-state index contributed by atoms with van der Waals surface area (Å²) in [5, 5.41) is 6.86. The van der Waals surface area contributed by atoms with Gasteiger partial charge in [0.2, 0.25) is 0 Å². The van der Waals surface area contributed by atoms with Gasteiger partial charge in [-0.1, -0.05) is 11.2 Å². The number of methoxy groups -OCH3 is 1. The van der Waals surface area contributed by atoms with Crippen molar-refractivity contribution < 1.29 is 14.1 Å². The van der Waals surface area contributed by atoms with E-state index in [2.05, 4.69) is 15.5 Å². The lowest BCUT2D eigenvalue weighted by Crippen LogP contribution is -2.24. The molecule has 0 aliphatic rings. The van der Waals surface area contributed by atoms with Crippen LogP contribution < -0.4 is 10.1 Å². The molecule has 1 N–H and O–H groups in total. The highest BCUT2D eigenvalue weighted by molar-refractivity contribution is 5.94. The van der Waals surface area contributed by atoms with Crippen molar-refractivity contribution in [1.29, 1.82) is 0 Å². The van der Waals surface area contributed by atoms with Crippen LogP contribution in [0.3, 0.4) is 0 Å². The van der Waals surface area contributed by atoms with Gasteiger partial charge in [0.25, 0.3) is 5.91 Å². The van der Waals surface area contributed by atoms with Crippen molar-refractivity contribution >= 4 is 11.6 Å². The first kappa shape index (κ1) is 16.8. The molecule has 136 valence electrons. The maximum atomic E-state index is 12.5. The normalized spacial score (nSPS) is 10.9. The molecule has 0 aliphatic heterocycles. The number of amides is 1. The number of carbonyl (C=O) groups is 1. The number of carbonyl (C=O) groups excluding carboxylic acids is 1. The first-order chi connectivity index (χ1) is 13.2. The molecule has 0 atom stereocenters. The Kier molecular flexibility index (Phi) is 4.33. The van der Waals surface area contributed by atoms with Crippen LogP contribution in [0.15, 0.2) is 59.3 Å². The summed E-state index contributed by atoms with van der Waals surface area (Å²) in [7, 11) is 1.62. The number of imidazole rings is 1. The lowest BCUT2D eigenvalue weighted by molar-refractivity contribution is 0.0945. The van der Waals surface area contributed by atoms with Gasteiger partial charge in [-0.05, 0) is 43.3 Å². The third-order valence-electron chi connectivity index (χ3n) is 4.35. The van der Waals surface area contributed by atoms with Crippen molar-refractivity contribution in [1.82, 2.24) is 19.9 Å². The lowest BCUT2D eigenvalue weighted by atomic mass is 10.1. The second-order valence-corrected chi connectivity index (χ2v) is 6.07. The Morgan fingerprint density at radius 3 is 2.78 bits per heavy atom. The van der Waals surface area contributed by atoms with E-state index >= 15 is 0 Å². The minimum absolute atomic E-state index is 0.245. The van der Waals surface area contributed by atoms with Crippen LogP contribution in [-0.4, -0.2) is 27.6 Å². The summed E-state index contributed by atoms with van der Waals surface area (Å²) >= 11 is 0. The molecule has 4 rings (SSSR count). The molecule has 1 amide bonds. The first-order valence-corrected chi connectivity index (χ1v) is 8.47. The van der Waals surface area contributed by atoms with Gasteiger partial charge in [0.1, 0.15) is 22.8 Å². The monoisotopic (exact) mass is 362 g/mol. The fourth-order valence-electron chi connectivity index (χ4n) is 2.87. The first-order valence-electron chi connectivity index (χ1n) is 8.47. The Balaban J connectivity index is 1.46. The predicted molar refractivity (Wildman–Crippen MR) is 99.6 cm³/mol. The van der Waals surface area contributed by atoms with Crippen LogP contribution >= 0.6 is 0 Å². The molecular formula is C20H18N4O3. The topological polar surface area (TPSA) is 81.7 Å². The van der Waals surface area contributed by atoms with E-state index < -0.39 is 0 Å². The fraction of sp³-hybridized carbons (Fsp3) is 0.150. The maximum absolute atomic E-state index is 12.5. The number of hydrogen-bond acceptors (Lipinski definition) is 5. The Bertz CT molecular complexity index is 1100. The van der Waals surface area contributed by atoms with Crippen LogP contribution in [0.4, 0.5) is 0 Å². The molecule has 4 aromatic rings. The second-order valence-electron chi connectivity index (χ2n) is 6.07. The third-order valence-corrected chi connectivity index (χ3v) is 4.35. The summed E-state index contributed by atoms with van der Waals surface area (Å²) in [5.74, 6) is 1.16. The van der Waals surface area contributed by atoms with E-state index in [0.717, 1.165) is 22.7 Å². The predicted octanol–water partition coefficient (Wildman–Crippen LogP) is 3.24. The van der Waals surface area contributed by atoms with Gasteiger partial charge < -0.3 is 19.0 Å². The molecule has 0 aliphatic carbocycles. The molecule has 0 bridgehead atoms. The van der Waals surface area contributed by atoms with Gasteiger partial charge in [0.15, 0.2) is 5.76 Å². The van der Waals surface area contributed by atoms with Crippen molar-refractivity contribution in [3.8, 4) is 17.1 Å². The van der Waals surface area contributed by atoms with E-state index in [1.54, 1.807) is 13.2 Å². The molecule has 0 radical (unpaired) electrons. The zero-order valence-corrected chi connectivity index (χ0v) is 15.0. The van der Waals surface area contributed by atoms with Gasteiger partial charge >= 0.3 is 0 Å². The standard InChI is InChI=1S/C20H18N4O3/c1-13-19(22-18-5-3-4-10-24(13)18)20(25)21-12-15-11-17(27-23-15)14-6-8-16(26-2)9-7-14/h3-11H,12H2,1-2H3,(H,21,25). The van der Waals surface area contributed by atoms with E-state index in [4.69, 9.17) is 9.26 Å². The zero-order valence-electron chi connectivity index (χ0n) is 15.0. The molecule has 0 saturated heterocycles. The highest BCUT2D eigenvalue weighted by Crippen LogP contribution is 2.23. The number of benzene rings is 1. The van der Waals surface area contributed by atoms with Crippen LogP contribution in [0.1, 0.15) is 21.9 Å². The Morgan fingerprint density at radius 2 is 2.04 bits per heavy atom. The van der Waals surface area contributed by atoms with Gasteiger partial charge in [-0.3, -0.25) is 4.79 Å². The van der Waals surface area contributed by atoms with E-state index in [-0.39, 0.29) is 12.5 Å². The summed E-state index contributed by atoms with van der Waals surface area (Å²) in [4.78, 5) is 16.9. The second kappa shape index (κ2) is 6.95. The van der Waals surface area contributed by atoms with Crippen molar-refractivity contribution in [3.05, 3.63) is 71.8 Å². The summed E-state index contributed by atoms with van der Waals surface area (Å²) < 4.78 is 12.4. The van der Waals surface area contributed by atoms with Crippen molar-refractivity contribution in [3.63, 3.8) is 0 Å². The number of hydrogen-bond donors (Lipinski definition) is 1. The number of fused-ring (bicyclic) bond motifs is 1. The van der Waals surface area contributed by atoms with Crippen LogP contribution in [0, 0.1) is 6.92 Å². The molecule has 0 saturated carbocycles. The van der Waals surface area contributed by atoms with Crippen molar-refractivity contribution in [2.24, 2.45) is 0 Å². The maximum Gasteiger partial charge on any atom is 0.272 e. The number of ether oxygens (including phenoxy) is 1. The molecule has 7 nitrogen and oxygen atoms in total. The van der Waals surface area contributed by atoms with Crippen LogP contribution in [0.2, 0.25) is 0 Å². The Labute approximate surface area is 155 Å². The molecule has 3 aromatic heterocycles. The fourth-order valence-corrected chi connectivity index (χ4v) is 2.87. The van der Waals surface area contributed by atoms with Gasteiger partial charge in [-0.15, -0.1) is 0 Å². The van der Waals surface area contributed by atoms with E-state index in [1.165, 1.54) is 0 Å². The smallest absolute Gasteiger partial charge is 0.272 e. The number of rotatable bonds is 5. The minimum atomic E-state index is -0.245. The van der Waals surface area contributed by atoms with Crippen molar-refractivity contribution in [2.75, 3.05) is 7.11 Å². The molecule has 1 aromatic carbocycles. The molecule has 3 heterocycles. The number of aromatic nitrogens is 3. The SMILES string of the molecule is COc1ccc(-c2cc(CNC(=O)c3nc4ccccn4c3C)no2)cc1. The number of pyridine rings is 1. The van der Waals surface area contributed by atoms with Gasteiger partial charge in [-0.25, -0.2) is 4.98 Å². The van der Waals surface area contributed by atoms with E-state index in [9.17, 15) is 4.79 Å². The molecule has 27 heavy (non-hydrogen) atoms. The quantitative estimate of drug-likeness (QED) is 0.589. The zero-order chi connectivity index (χ0) is 18.8. The summed E-state index contributed by atoms with van der Waals surface area (Å²) in [6.45, 7) is 2.12. The van der Waals surface area contributed by atoms with Gasteiger partial charge in [0.05, 0.1) is 19.3 Å². The van der Waals surface area contributed by atoms with E-state index in [0.29, 0.717) is 17.1 Å². The molecule has 0 spiro atoms. The average Bonchev–Trinajstić information content (AvgIpc) is 3.31. The minimum Gasteiger partial charge on any atom is -0.497 e. The molecular weight excluding hydrogens is 344 g/mol. The molecule has 7 heteroatoms. The Hall–Kier alpha value is -3.61. The average molecular weight is 362 g/mol. The summed E-state index contributed by atoms with van der Waals surface area (Å²) in [5.41, 5.74) is 3.46. The van der Waals surface area contributed by atoms with Crippen LogP contribution in [0.5, 0.6) is 5.75 Å². The van der Waals surface area contributed by atoms with Crippen molar-refractivity contribution in [2.45, 2.75) is 13.5 Å². The van der Waals surface area contributed by atoms with E-state index in [1.807, 2.05) is 60.0 Å². The summed E-state index contributed by atoms with van der Waals surface area (Å²) in [6.07, 6.45) is 1.88. The van der Waals surface area contributed by atoms with Crippen LogP contribution in [0.25, 0.3) is 17.0 Å². The Morgan fingerprint density at radius 1 is 1.22 bits per heavy atom. The highest BCUT2D eigenvalue weighted by Gasteiger charge is 2.16. The molecule has 0 fully saturated rings. The highest BCUT2D eigenvalue weighted by atomic mass is 16.5. The molecule has 0 unspecified atom stereocenters. The number of nitrogens with zero attached hydrogens (tertiary/aromatic N) is 3.